The molecule has 0 aromatic heterocycles. The standard InChI is InChI=1S/C11H11F3O2/c1-6-9(11(12,13)14)5-4-8(7(2)15)10(6)16-3/h4-5H,1-3H3. The Morgan fingerprint density at radius 2 is 1.88 bits per heavy atom. The van der Waals surface area contributed by atoms with E-state index in [1.54, 1.807) is 0 Å². The third-order valence-corrected chi connectivity index (χ3v) is 2.29. The second kappa shape index (κ2) is 4.15. The lowest BCUT2D eigenvalue weighted by molar-refractivity contribution is -0.138. The maximum absolute atomic E-state index is 12.6. The summed E-state index contributed by atoms with van der Waals surface area (Å²) in [7, 11) is 1.24. The molecule has 0 atom stereocenters. The van der Waals surface area contributed by atoms with Crippen LogP contribution in [0.2, 0.25) is 0 Å². The Kier molecular flexibility index (Phi) is 3.26. The van der Waals surface area contributed by atoms with Gasteiger partial charge in [-0.3, -0.25) is 4.79 Å². The molecule has 0 unspecified atom stereocenters. The molecule has 2 nitrogen and oxygen atoms in total. The average Bonchev–Trinajstić information content (AvgIpc) is 2.14. The summed E-state index contributed by atoms with van der Waals surface area (Å²) in [6.07, 6.45) is -4.44. The average molecular weight is 232 g/mol. The number of halogens is 3. The van der Waals surface area contributed by atoms with Crippen LogP contribution in [0.25, 0.3) is 0 Å². The molecule has 0 heterocycles. The third-order valence-electron chi connectivity index (χ3n) is 2.29. The van der Waals surface area contributed by atoms with Crippen LogP contribution >= 0.6 is 0 Å². The molecule has 16 heavy (non-hydrogen) atoms. The number of ether oxygens (including phenoxy) is 1. The smallest absolute Gasteiger partial charge is 0.416 e. The van der Waals surface area contributed by atoms with Gasteiger partial charge in [0, 0.05) is 5.56 Å². The molecule has 0 amide bonds. The maximum atomic E-state index is 12.6. The van der Waals surface area contributed by atoms with E-state index in [2.05, 4.69) is 0 Å². The Hall–Kier alpha value is -1.52. The number of alkyl halides is 3. The normalized spacial score (nSPS) is 11.4. The highest BCUT2D eigenvalue weighted by Gasteiger charge is 2.34. The van der Waals surface area contributed by atoms with Gasteiger partial charge in [-0.25, -0.2) is 0 Å². The van der Waals surface area contributed by atoms with Gasteiger partial charge in [0.2, 0.25) is 0 Å². The monoisotopic (exact) mass is 232 g/mol. The van der Waals surface area contributed by atoms with Crippen molar-refractivity contribution in [2.45, 2.75) is 20.0 Å². The molecule has 0 aliphatic rings. The van der Waals surface area contributed by atoms with E-state index in [4.69, 9.17) is 4.74 Å². The fraction of sp³-hybridized carbons (Fsp3) is 0.364. The van der Waals surface area contributed by atoms with Crippen molar-refractivity contribution >= 4 is 5.78 Å². The summed E-state index contributed by atoms with van der Waals surface area (Å²) in [6.45, 7) is 2.57. The Morgan fingerprint density at radius 1 is 1.31 bits per heavy atom. The Bertz CT molecular complexity index is 422. The predicted molar refractivity (Wildman–Crippen MR) is 52.7 cm³/mol. The van der Waals surface area contributed by atoms with Crippen molar-refractivity contribution in [3.8, 4) is 5.75 Å². The topological polar surface area (TPSA) is 26.3 Å². The van der Waals surface area contributed by atoms with E-state index in [9.17, 15) is 18.0 Å². The summed E-state index contributed by atoms with van der Waals surface area (Å²) in [5, 5.41) is 0. The van der Waals surface area contributed by atoms with Crippen molar-refractivity contribution in [3.05, 3.63) is 28.8 Å². The number of hydrogen-bond acceptors (Lipinski definition) is 2. The van der Waals surface area contributed by atoms with Gasteiger partial charge in [-0.1, -0.05) is 0 Å². The predicted octanol–water partition coefficient (Wildman–Crippen LogP) is 3.23. The molecule has 0 fully saturated rings. The number of carbonyl (C=O) groups excluding carboxylic acids is 1. The highest BCUT2D eigenvalue weighted by Crippen LogP contribution is 2.37. The quantitative estimate of drug-likeness (QED) is 0.732. The van der Waals surface area contributed by atoms with Crippen LogP contribution in [-0.4, -0.2) is 12.9 Å². The number of benzene rings is 1. The molecule has 0 N–H and O–H groups in total. The molecule has 0 saturated heterocycles. The summed E-state index contributed by atoms with van der Waals surface area (Å²) in [6, 6.07) is 2.03. The number of rotatable bonds is 2. The SMILES string of the molecule is COc1c(C(C)=O)ccc(C(F)(F)F)c1C. The van der Waals surface area contributed by atoms with E-state index in [1.165, 1.54) is 21.0 Å². The summed E-state index contributed by atoms with van der Waals surface area (Å²) >= 11 is 0. The first-order valence-corrected chi connectivity index (χ1v) is 4.54. The van der Waals surface area contributed by atoms with E-state index in [0.29, 0.717) is 0 Å². The van der Waals surface area contributed by atoms with Crippen LogP contribution in [-0.2, 0) is 6.18 Å². The van der Waals surface area contributed by atoms with Crippen LogP contribution in [0, 0.1) is 6.92 Å². The Morgan fingerprint density at radius 3 is 2.25 bits per heavy atom. The lowest BCUT2D eigenvalue weighted by Gasteiger charge is -2.15. The minimum absolute atomic E-state index is 0.0117. The summed E-state index contributed by atoms with van der Waals surface area (Å²) in [4.78, 5) is 11.2. The lowest BCUT2D eigenvalue weighted by Crippen LogP contribution is -2.10. The van der Waals surface area contributed by atoms with Crippen molar-refractivity contribution in [1.82, 2.24) is 0 Å². The highest BCUT2D eigenvalue weighted by molar-refractivity contribution is 5.97. The van der Waals surface area contributed by atoms with Gasteiger partial charge in [0.1, 0.15) is 5.75 Å². The summed E-state index contributed by atoms with van der Waals surface area (Å²) in [5.74, 6) is -0.337. The van der Waals surface area contributed by atoms with Crippen LogP contribution < -0.4 is 4.74 Å². The number of ketones is 1. The molecule has 1 aromatic carbocycles. The Balaban J connectivity index is 3.46. The second-order valence-electron chi connectivity index (χ2n) is 3.37. The third kappa shape index (κ3) is 2.18. The van der Waals surface area contributed by atoms with Crippen LogP contribution in [0.15, 0.2) is 12.1 Å². The van der Waals surface area contributed by atoms with Gasteiger partial charge in [0.15, 0.2) is 5.78 Å². The second-order valence-corrected chi connectivity index (χ2v) is 3.37. The summed E-state index contributed by atoms with van der Waals surface area (Å²) < 4.78 is 42.5. The highest BCUT2D eigenvalue weighted by atomic mass is 19.4. The van der Waals surface area contributed by atoms with Crippen molar-refractivity contribution in [2.24, 2.45) is 0 Å². The van der Waals surface area contributed by atoms with Crippen molar-refractivity contribution < 1.29 is 22.7 Å². The minimum Gasteiger partial charge on any atom is -0.496 e. The number of hydrogen-bond donors (Lipinski definition) is 0. The van der Waals surface area contributed by atoms with Crippen molar-refractivity contribution in [3.63, 3.8) is 0 Å². The van der Waals surface area contributed by atoms with Crippen molar-refractivity contribution in [2.75, 3.05) is 7.11 Å². The molecule has 0 aliphatic carbocycles. The van der Waals surface area contributed by atoms with Crippen LogP contribution in [0.3, 0.4) is 0 Å². The van der Waals surface area contributed by atoms with Crippen LogP contribution in [0.1, 0.15) is 28.4 Å². The maximum Gasteiger partial charge on any atom is 0.416 e. The minimum atomic E-state index is -4.44. The Labute approximate surface area is 91.0 Å². The van der Waals surface area contributed by atoms with Gasteiger partial charge in [-0.05, 0) is 26.0 Å². The van der Waals surface area contributed by atoms with Gasteiger partial charge < -0.3 is 4.74 Å². The first kappa shape index (κ1) is 12.5. The van der Waals surface area contributed by atoms with Gasteiger partial charge >= 0.3 is 6.18 Å². The molecule has 0 spiro atoms. The molecular formula is C11H11F3O2. The van der Waals surface area contributed by atoms with Crippen molar-refractivity contribution in [1.29, 1.82) is 0 Å². The van der Waals surface area contributed by atoms with E-state index in [1.807, 2.05) is 0 Å². The molecule has 1 aromatic rings. The summed E-state index contributed by atoms with van der Waals surface area (Å²) in [5.41, 5.74) is -0.690. The van der Waals surface area contributed by atoms with E-state index < -0.39 is 11.7 Å². The largest absolute Gasteiger partial charge is 0.496 e. The van der Waals surface area contributed by atoms with Gasteiger partial charge in [-0.15, -0.1) is 0 Å². The fourth-order valence-electron chi connectivity index (χ4n) is 1.54. The zero-order valence-corrected chi connectivity index (χ0v) is 9.11. The first-order chi connectivity index (χ1) is 7.29. The van der Waals surface area contributed by atoms with Gasteiger partial charge in [0.05, 0.1) is 18.2 Å². The van der Waals surface area contributed by atoms with Gasteiger partial charge in [-0.2, -0.15) is 13.2 Å². The number of carbonyl (C=O) groups is 1. The van der Waals surface area contributed by atoms with Gasteiger partial charge in [0.25, 0.3) is 0 Å². The molecular weight excluding hydrogens is 221 g/mol. The fourth-order valence-corrected chi connectivity index (χ4v) is 1.54. The zero-order chi connectivity index (χ0) is 12.5. The molecule has 0 aliphatic heterocycles. The zero-order valence-electron chi connectivity index (χ0n) is 9.11. The number of Topliss-reactive ketones (excluding diaryl/α,β-unsaturated/α-hetero) is 1. The first-order valence-electron chi connectivity index (χ1n) is 4.54. The number of methoxy groups -OCH3 is 1. The molecule has 1 rings (SSSR count). The molecule has 88 valence electrons. The van der Waals surface area contributed by atoms with E-state index in [-0.39, 0.29) is 22.7 Å². The molecule has 5 heteroatoms. The van der Waals surface area contributed by atoms with Crippen LogP contribution in [0.5, 0.6) is 5.75 Å². The van der Waals surface area contributed by atoms with E-state index in [0.717, 1.165) is 12.1 Å². The molecule has 0 saturated carbocycles. The molecule has 0 bridgehead atoms. The van der Waals surface area contributed by atoms with E-state index >= 15 is 0 Å². The lowest BCUT2D eigenvalue weighted by atomic mass is 10.0. The van der Waals surface area contributed by atoms with Crippen LogP contribution in [0.4, 0.5) is 13.2 Å². The molecule has 0 radical (unpaired) electrons.